The summed E-state index contributed by atoms with van der Waals surface area (Å²) in [4.78, 5) is 26.0. The Labute approximate surface area is 191 Å². The molecule has 0 saturated carbocycles. The molecule has 5 rings (SSSR count). The molecule has 2 N–H and O–H groups in total. The monoisotopic (exact) mass is 446 g/mol. The maximum absolute atomic E-state index is 13.2. The first-order valence-corrected chi connectivity index (χ1v) is 10.9. The average molecular weight is 447 g/mol. The van der Waals surface area contributed by atoms with Gasteiger partial charge in [0.15, 0.2) is 11.6 Å². The van der Waals surface area contributed by atoms with Gasteiger partial charge in [0.05, 0.1) is 6.20 Å². The molecule has 2 aliphatic rings. The molecule has 0 radical (unpaired) electrons. The quantitative estimate of drug-likeness (QED) is 0.561. The summed E-state index contributed by atoms with van der Waals surface area (Å²) in [5.41, 5.74) is 3.51. The Morgan fingerprint density at radius 2 is 1.84 bits per heavy atom. The highest BCUT2D eigenvalue weighted by Crippen LogP contribution is 2.47. The number of carbonyl (C=O) groups is 2. The van der Waals surface area contributed by atoms with Gasteiger partial charge in [-0.2, -0.15) is 5.10 Å². The highest BCUT2D eigenvalue weighted by Gasteiger charge is 2.41. The van der Waals surface area contributed by atoms with Crippen molar-refractivity contribution in [3.63, 3.8) is 0 Å². The van der Waals surface area contributed by atoms with E-state index >= 15 is 0 Å². The molecule has 1 aromatic heterocycles. The average Bonchev–Trinajstić information content (AvgIpc) is 3.15. The van der Waals surface area contributed by atoms with Gasteiger partial charge in [-0.1, -0.05) is 55.8 Å². The zero-order valence-corrected chi connectivity index (χ0v) is 18.6. The third kappa shape index (κ3) is 3.60. The van der Waals surface area contributed by atoms with Crippen molar-refractivity contribution in [3.8, 4) is 0 Å². The fraction of sp³-hybridized carbons (Fsp3) is 0.240. The molecule has 6 nitrogen and oxygen atoms in total. The molecular formula is C25H23ClN4O2. The van der Waals surface area contributed by atoms with Crippen molar-refractivity contribution in [1.29, 1.82) is 0 Å². The van der Waals surface area contributed by atoms with E-state index in [1.54, 1.807) is 23.0 Å². The van der Waals surface area contributed by atoms with Crippen molar-refractivity contribution in [1.82, 2.24) is 9.78 Å². The van der Waals surface area contributed by atoms with Gasteiger partial charge in [-0.05, 0) is 41.7 Å². The number of aromatic nitrogens is 2. The van der Waals surface area contributed by atoms with Crippen LogP contribution in [0.5, 0.6) is 0 Å². The largest absolute Gasteiger partial charge is 0.342 e. The predicted molar refractivity (Wildman–Crippen MR) is 125 cm³/mol. The summed E-state index contributed by atoms with van der Waals surface area (Å²) in [5.74, 6) is 0.560. The highest BCUT2D eigenvalue weighted by atomic mass is 35.5. The number of halogens is 1. The number of fused-ring (bicyclic) bond motifs is 1. The fourth-order valence-corrected chi connectivity index (χ4v) is 4.67. The molecule has 1 atom stereocenters. The van der Waals surface area contributed by atoms with Crippen LogP contribution in [0.3, 0.4) is 0 Å². The smallest absolute Gasteiger partial charge is 0.255 e. The lowest BCUT2D eigenvalue weighted by molar-refractivity contribution is -0.118. The number of nitrogens with one attached hydrogen (secondary N) is 2. The van der Waals surface area contributed by atoms with E-state index in [1.165, 1.54) is 0 Å². The Morgan fingerprint density at radius 1 is 1.12 bits per heavy atom. The first-order valence-electron chi connectivity index (χ1n) is 10.5. The number of anilines is 2. The van der Waals surface area contributed by atoms with Crippen LogP contribution >= 0.6 is 11.6 Å². The molecule has 1 aliphatic heterocycles. The standard InChI is InChI=1S/C25H23ClN4O2/c1-25(2)12-18-21(20(31)13-25)22(15-8-10-17(26)11-9-15)30-23(28-18)19(14-27-30)29-24(32)16-6-4-3-5-7-16/h3-11,14,22,28H,12-13H2,1-2H3,(H,29,32). The number of rotatable bonds is 3. The van der Waals surface area contributed by atoms with Gasteiger partial charge in [0.2, 0.25) is 0 Å². The molecule has 0 spiro atoms. The number of hydrogen-bond donors (Lipinski definition) is 2. The van der Waals surface area contributed by atoms with E-state index in [9.17, 15) is 9.59 Å². The molecular weight excluding hydrogens is 424 g/mol. The van der Waals surface area contributed by atoms with Crippen LogP contribution < -0.4 is 10.6 Å². The minimum absolute atomic E-state index is 0.111. The van der Waals surface area contributed by atoms with E-state index < -0.39 is 0 Å². The number of carbonyl (C=O) groups excluding carboxylic acids is 2. The topological polar surface area (TPSA) is 76.0 Å². The van der Waals surface area contributed by atoms with Crippen molar-refractivity contribution in [2.75, 3.05) is 10.6 Å². The van der Waals surface area contributed by atoms with Crippen molar-refractivity contribution >= 4 is 34.8 Å². The lowest BCUT2D eigenvalue weighted by Gasteiger charge is -2.39. The van der Waals surface area contributed by atoms with E-state index in [0.29, 0.717) is 28.5 Å². The molecule has 0 fully saturated rings. The Morgan fingerprint density at radius 3 is 2.56 bits per heavy atom. The van der Waals surface area contributed by atoms with E-state index in [1.807, 2.05) is 42.5 Å². The fourth-order valence-electron chi connectivity index (χ4n) is 4.54. The summed E-state index contributed by atoms with van der Waals surface area (Å²) in [7, 11) is 0. The number of nitrogens with zero attached hydrogens (tertiary/aromatic N) is 2. The summed E-state index contributed by atoms with van der Waals surface area (Å²) < 4.78 is 1.78. The number of hydrogen-bond acceptors (Lipinski definition) is 4. The molecule has 2 heterocycles. The first-order chi connectivity index (χ1) is 15.3. The van der Waals surface area contributed by atoms with E-state index in [-0.39, 0.29) is 23.1 Å². The molecule has 1 aliphatic carbocycles. The van der Waals surface area contributed by atoms with E-state index in [4.69, 9.17) is 11.6 Å². The van der Waals surface area contributed by atoms with Crippen LogP contribution in [0.15, 0.2) is 72.1 Å². The summed E-state index contributed by atoms with van der Waals surface area (Å²) in [6, 6.07) is 16.1. The number of benzene rings is 2. The second-order valence-electron chi connectivity index (χ2n) is 9.08. The number of ketones is 1. The zero-order valence-electron chi connectivity index (χ0n) is 17.9. The van der Waals surface area contributed by atoms with Crippen LogP contribution in [0.2, 0.25) is 5.02 Å². The summed E-state index contributed by atoms with van der Waals surface area (Å²) in [5, 5.41) is 11.6. The third-order valence-corrected chi connectivity index (χ3v) is 6.22. The summed E-state index contributed by atoms with van der Waals surface area (Å²) in [6.45, 7) is 4.19. The van der Waals surface area contributed by atoms with E-state index in [2.05, 4.69) is 29.6 Å². The Balaban J connectivity index is 1.59. The molecule has 0 bridgehead atoms. The van der Waals surface area contributed by atoms with Crippen LogP contribution in [0.4, 0.5) is 11.5 Å². The molecule has 2 aromatic carbocycles. The summed E-state index contributed by atoms with van der Waals surface area (Å²) >= 11 is 6.11. The van der Waals surface area contributed by atoms with Crippen LogP contribution in [0, 0.1) is 5.41 Å². The normalized spacial score (nSPS) is 19.1. The molecule has 7 heteroatoms. The van der Waals surface area contributed by atoms with Crippen molar-refractivity contribution < 1.29 is 9.59 Å². The molecule has 1 unspecified atom stereocenters. The number of allylic oxidation sites excluding steroid dienone is 2. The van der Waals surface area contributed by atoms with Gasteiger partial charge in [0, 0.05) is 28.3 Å². The van der Waals surface area contributed by atoms with E-state index in [0.717, 1.165) is 23.3 Å². The second kappa shape index (κ2) is 7.64. The first kappa shape index (κ1) is 20.5. The van der Waals surface area contributed by atoms with Gasteiger partial charge in [-0.15, -0.1) is 0 Å². The maximum Gasteiger partial charge on any atom is 0.255 e. The molecule has 32 heavy (non-hydrogen) atoms. The number of Topliss-reactive ketones (excluding diaryl/α,β-unsaturated/α-hetero) is 1. The van der Waals surface area contributed by atoms with Crippen molar-refractivity contribution in [3.05, 3.63) is 88.2 Å². The molecule has 162 valence electrons. The Kier molecular flexibility index (Phi) is 4.90. The van der Waals surface area contributed by atoms with Gasteiger partial charge < -0.3 is 10.6 Å². The maximum atomic E-state index is 13.2. The molecule has 0 saturated heterocycles. The van der Waals surface area contributed by atoms with Gasteiger partial charge in [-0.25, -0.2) is 4.68 Å². The minimum Gasteiger partial charge on any atom is -0.342 e. The van der Waals surface area contributed by atoms with Crippen LogP contribution in [0.25, 0.3) is 0 Å². The van der Waals surface area contributed by atoms with Crippen molar-refractivity contribution in [2.45, 2.75) is 32.7 Å². The SMILES string of the molecule is CC1(C)CC(=O)C2=C(C1)Nc1c(NC(=O)c3ccccc3)cnn1C2c1ccc(Cl)cc1. The zero-order chi connectivity index (χ0) is 22.5. The van der Waals surface area contributed by atoms with Gasteiger partial charge >= 0.3 is 0 Å². The highest BCUT2D eigenvalue weighted by molar-refractivity contribution is 6.30. The predicted octanol–water partition coefficient (Wildman–Crippen LogP) is 5.45. The Bertz CT molecular complexity index is 1240. The van der Waals surface area contributed by atoms with Gasteiger partial charge in [0.1, 0.15) is 11.7 Å². The second-order valence-corrected chi connectivity index (χ2v) is 9.52. The van der Waals surface area contributed by atoms with Crippen LogP contribution in [0.1, 0.15) is 48.7 Å². The van der Waals surface area contributed by atoms with Gasteiger partial charge in [-0.3, -0.25) is 9.59 Å². The minimum atomic E-state index is -0.385. The van der Waals surface area contributed by atoms with Crippen molar-refractivity contribution in [2.24, 2.45) is 5.41 Å². The lowest BCUT2D eigenvalue weighted by atomic mass is 9.73. The van der Waals surface area contributed by atoms with Crippen LogP contribution in [-0.4, -0.2) is 21.5 Å². The summed E-state index contributed by atoms with van der Waals surface area (Å²) in [6.07, 6.45) is 2.83. The third-order valence-electron chi connectivity index (χ3n) is 5.97. The molecule has 3 aromatic rings. The Hall–Kier alpha value is -3.38. The number of amides is 1. The lowest BCUT2D eigenvalue weighted by Crippen LogP contribution is -2.36. The van der Waals surface area contributed by atoms with Gasteiger partial charge in [0.25, 0.3) is 5.91 Å². The molecule has 1 amide bonds. The van der Waals surface area contributed by atoms with Crippen LogP contribution in [-0.2, 0) is 4.79 Å².